The average Bonchev–Trinajstić information content (AvgIpc) is 3.56. The molecular weight excluding hydrogens is 679 g/mol. The first kappa shape index (κ1) is 38.9. The Labute approximate surface area is 308 Å². The van der Waals surface area contributed by atoms with Gasteiger partial charge in [0, 0.05) is 0 Å². The first-order chi connectivity index (χ1) is 20.6. The van der Waals surface area contributed by atoms with E-state index in [1.54, 1.807) is 27.4 Å². The SMILES string of the molecule is CC1=C[CH-]C(C)(C)c2cc3c(cc21)-c1cc2c(cc1C3)C(C)(C)CC=C2C.Cc1cc(C(C)(C)C)c[cH-]1.[Cl-].[Cl-].[Zr+2]=[C]1CCCCC1. The van der Waals surface area contributed by atoms with E-state index in [0.29, 0.717) is 5.41 Å². The van der Waals surface area contributed by atoms with Gasteiger partial charge in [0.1, 0.15) is 0 Å². The first-order valence-electron chi connectivity index (χ1n) is 16.9. The third kappa shape index (κ3) is 8.36. The van der Waals surface area contributed by atoms with Crippen LogP contribution in [0.5, 0.6) is 0 Å². The monoisotopic (exact) mass is 730 g/mol. The molecule has 3 aromatic carbocycles. The molecule has 246 valence electrons. The van der Waals surface area contributed by atoms with Crippen molar-refractivity contribution in [1.82, 2.24) is 0 Å². The third-order valence-electron chi connectivity index (χ3n) is 10.3. The molecule has 4 aliphatic carbocycles. The zero-order valence-corrected chi connectivity index (χ0v) is 33.9. The number of fused-ring (bicyclic) bond motifs is 5. The third-order valence-corrected chi connectivity index (χ3v) is 11.6. The van der Waals surface area contributed by atoms with Crippen LogP contribution in [0.4, 0.5) is 0 Å². The average molecular weight is 733 g/mol. The molecule has 1 saturated carbocycles. The first-order valence-corrected chi connectivity index (χ1v) is 18.2. The molecular formula is C43H54Cl2Zr-2. The van der Waals surface area contributed by atoms with E-state index < -0.39 is 0 Å². The Morgan fingerprint density at radius 3 is 1.76 bits per heavy atom. The van der Waals surface area contributed by atoms with Gasteiger partial charge in [0.2, 0.25) is 0 Å². The fraction of sp³-hybridized carbons (Fsp3) is 0.465. The number of benzene rings is 2. The zero-order chi connectivity index (χ0) is 32.0. The number of hydrogen-bond acceptors (Lipinski definition) is 0. The zero-order valence-electron chi connectivity index (χ0n) is 30.0. The molecule has 0 bridgehead atoms. The summed E-state index contributed by atoms with van der Waals surface area (Å²) in [6.07, 6.45) is 16.6. The summed E-state index contributed by atoms with van der Waals surface area (Å²) in [6, 6.07) is 16.6. The molecule has 7 rings (SSSR count). The standard InChI is InChI=1S/C27H29.C10H15.C6H10.2ClH.Zr/c1-16-7-9-26(3,4)24-12-18-11-19-13-25-21(17(2)8-10-27(25,5)6)15-23(19)22(18)14-20(16)24;1-8-5-6-9(7-8)10(2,3)4;1-2-4-6-5-3-1;;;/h7-9,12-15H,10-11H2,1-6H3;5-7H,1-4H3;1-5H2;2*1H;/q2*-1;;;;+2/p-2. The molecule has 0 atom stereocenters. The minimum absolute atomic E-state index is 0. The topological polar surface area (TPSA) is 0 Å². The van der Waals surface area contributed by atoms with Gasteiger partial charge in [-0.1, -0.05) is 96.1 Å². The van der Waals surface area contributed by atoms with Crippen molar-refractivity contribution in [1.29, 1.82) is 0 Å². The van der Waals surface area contributed by atoms with E-state index in [-0.39, 0.29) is 35.6 Å². The van der Waals surface area contributed by atoms with Gasteiger partial charge in [0.05, 0.1) is 0 Å². The summed E-state index contributed by atoms with van der Waals surface area (Å²) in [7, 11) is 0. The predicted molar refractivity (Wildman–Crippen MR) is 191 cm³/mol. The van der Waals surface area contributed by atoms with Crippen molar-refractivity contribution in [3.63, 3.8) is 0 Å². The van der Waals surface area contributed by atoms with Gasteiger partial charge in [-0.3, -0.25) is 0 Å². The molecule has 4 aliphatic rings. The van der Waals surface area contributed by atoms with E-state index in [1.165, 1.54) is 98.9 Å². The van der Waals surface area contributed by atoms with Gasteiger partial charge in [-0.25, -0.2) is 18.6 Å². The van der Waals surface area contributed by atoms with Crippen LogP contribution in [0.25, 0.3) is 22.3 Å². The number of aryl methyl sites for hydroxylation is 1. The Morgan fingerprint density at radius 2 is 1.28 bits per heavy atom. The van der Waals surface area contributed by atoms with Crippen molar-refractivity contribution in [2.24, 2.45) is 0 Å². The molecule has 0 radical (unpaired) electrons. The van der Waals surface area contributed by atoms with Crippen LogP contribution in [0.15, 0.2) is 54.6 Å². The molecule has 0 heterocycles. The van der Waals surface area contributed by atoms with Crippen molar-refractivity contribution in [3.05, 3.63) is 106 Å². The summed E-state index contributed by atoms with van der Waals surface area (Å²) in [5.41, 5.74) is 18.1. The van der Waals surface area contributed by atoms with E-state index in [0.717, 1.165) is 12.8 Å². The molecule has 0 N–H and O–H groups in total. The Balaban J connectivity index is 0.000000251. The fourth-order valence-corrected chi connectivity index (χ4v) is 8.05. The molecule has 0 saturated heterocycles. The predicted octanol–water partition coefficient (Wildman–Crippen LogP) is 5.93. The summed E-state index contributed by atoms with van der Waals surface area (Å²) in [5.74, 6) is 0. The molecule has 1 fully saturated rings. The molecule has 3 aromatic rings. The maximum absolute atomic E-state index is 2.51. The molecule has 0 spiro atoms. The second-order valence-electron chi connectivity index (χ2n) is 16.1. The van der Waals surface area contributed by atoms with Gasteiger partial charge in [0.25, 0.3) is 0 Å². The summed E-state index contributed by atoms with van der Waals surface area (Å²) < 4.78 is 1.80. The van der Waals surface area contributed by atoms with Crippen LogP contribution in [-0.4, -0.2) is 3.21 Å². The molecule has 0 unspecified atom stereocenters. The quantitative estimate of drug-likeness (QED) is 0.197. The Kier molecular flexibility index (Phi) is 12.6. The molecule has 3 heteroatoms. The number of allylic oxidation sites excluding steroid dienone is 4. The van der Waals surface area contributed by atoms with Crippen molar-refractivity contribution in [3.8, 4) is 11.1 Å². The van der Waals surface area contributed by atoms with E-state index in [9.17, 15) is 0 Å². The molecule has 0 aromatic heterocycles. The molecule has 46 heavy (non-hydrogen) atoms. The van der Waals surface area contributed by atoms with Crippen molar-refractivity contribution in [2.75, 3.05) is 0 Å². The van der Waals surface area contributed by atoms with Crippen molar-refractivity contribution >= 4 is 14.4 Å². The second kappa shape index (κ2) is 14.9. The Bertz CT molecular complexity index is 1540. The van der Waals surface area contributed by atoms with Crippen LogP contribution in [-0.2, 0) is 46.9 Å². The van der Waals surface area contributed by atoms with E-state index in [1.807, 2.05) is 0 Å². The molecule has 0 amide bonds. The van der Waals surface area contributed by atoms with Crippen LogP contribution >= 0.6 is 0 Å². The second-order valence-corrected chi connectivity index (χ2v) is 17.8. The summed E-state index contributed by atoms with van der Waals surface area (Å²) in [4.78, 5) is 0. The summed E-state index contributed by atoms with van der Waals surface area (Å²) >= 11 is 1.69. The Hall–Kier alpha value is -1.53. The molecule has 0 aliphatic heterocycles. The van der Waals surface area contributed by atoms with Gasteiger partial charge in [-0.2, -0.15) is 28.8 Å². The van der Waals surface area contributed by atoms with E-state index in [4.69, 9.17) is 0 Å². The number of hydrogen-bond donors (Lipinski definition) is 0. The van der Waals surface area contributed by atoms with Crippen LogP contribution in [0.2, 0.25) is 0 Å². The van der Waals surface area contributed by atoms with Gasteiger partial charge in [-0.05, 0) is 70.2 Å². The van der Waals surface area contributed by atoms with E-state index >= 15 is 0 Å². The normalized spacial score (nSPS) is 18.1. The fourth-order valence-electron chi connectivity index (χ4n) is 7.18. The van der Waals surface area contributed by atoms with Gasteiger partial charge >= 0.3 is 59.5 Å². The maximum atomic E-state index is 2.51. The summed E-state index contributed by atoms with van der Waals surface area (Å²) in [5, 5.41) is 0. The van der Waals surface area contributed by atoms with Crippen molar-refractivity contribution < 1.29 is 49.0 Å². The summed E-state index contributed by atoms with van der Waals surface area (Å²) in [6.45, 7) is 22.8. The van der Waals surface area contributed by atoms with Crippen LogP contribution in [0.3, 0.4) is 0 Å². The minimum atomic E-state index is 0. The van der Waals surface area contributed by atoms with Gasteiger partial charge < -0.3 is 24.8 Å². The van der Waals surface area contributed by atoms with Crippen LogP contribution < -0.4 is 24.8 Å². The van der Waals surface area contributed by atoms with Gasteiger partial charge in [-0.15, -0.1) is 12.5 Å². The Morgan fingerprint density at radius 1 is 0.717 bits per heavy atom. The van der Waals surface area contributed by atoms with Crippen LogP contribution in [0, 0.1) is 13.3 Å². The van der Waals surface area contributed by atoms with Crippen LogP contribution in [0.1, 0.15) is 145 Å². The van der Waals surface area contributed by atoms with E-state index in [2.05, 4.69) is 130 Å². The van der Waals surface area contributed by atoms with Gasteiger partial charge in [0.15, 0.2) is 0 Å². The van der Waals surface area contributed by atoms with Crippen molar-refractivity contribution in [2.45, 2.75) is 130 Å². The number of rotatable bonds is 0. The molecule has 0 nitrogen and oxygen atoms in total. The number of halogens is 2.